The van der Waals surface area contributed by atoms with Crippen molar-refractivity contribution in [2.75, 3.05) is 38.6 Å². The molecule has 1 aliphatic heterocycles. The van der Waals surface area contributed by atoms with Gasteiger partial charge in [0.25, 0.3) is 0 Å². The number of anilines is 1. The molecule has 12 heteroatoms. The maximum atomic E-state index is 14.1. The molecule has 1 aromatic carbocycles. The van der Waals surface area contributed by atoms with Gasteiger partial charge in [-0.2, -0.15) is 4.37 Å². The van der Waals surface area contributed by atoms with Crippen LogP contribution in [0.15, 0.2) is 16.6 Å². The average molecular weight is 547 g/mol. The van der Waals surface area contributed by atoms with Crippen molar-refractivity contribution in [3.63, 3.8) is 0 Å². The Balaban J connectivity index is 1.56. The first-order valence-electron chi connectivity index (χ1n) is 10.5. The van der Waals surface area contributed by atoms with Gasteiger partial charge in [-0.1, -0.05) is 15.9 Å². The van der Waals surface area contributed by atoms with Gasteiger partial charge in [0, 0.05) is 11.0 Å². The number of hydrogen-bond donors (Lipinski definition) is 2. The minimum atomic E-state index is -0.806. The zero-order valence-corrected chi connectivity index (χ0v) is 20.5. The zero-order valence-electron chi connectivity index (χ0n) is 18.1. The first-order valence-corrected chi connectivity index (χ1v) is 12.1. The fourth-order valence-electron chi connectivity index (χ4n) is 3.41. The molecule has 2 heterocycles. The lowest BCUT2D eigenvalue weighted by Gasteiger charge is -2.14. The van der Waals surface area contributed by atoms with E-state index in [9.17, 15) is 18.4 Å². The summed E-state index contributed by atoms with van der Waals surface area (Å²) in [6.07, 6.45) is 4.30. The van der Waals surface area contributed by atoms with Gasteiger partial charge in [0.05, 0.1) is 12.7 Å². The average Bonchev–Trinajstić information content (AvgIpc) is 3.42. The number of ether oxygens (including phenoxy) is 2. The Morgan fingerprint density at radius 2 is 1.91 bits per heavy atom. The predicted molar refractivity (Wildman–Crippen MR) is 124 cm³/mol. The van der Waals surface area contributed by atoms with Crippen LogP contribution in [-0.2, 0) is 11.3 Å². The van der Waals surface area contributed by atoms with Crippen molar-refractivity contribution in [1.82, 2.24) is 14.6 Å². The highest BCUT2D eigenvalue weighted by Gasteiger charge is 2.25. The number of esters is 1. The van der Waals surface area contributed by atoms with Crippen LogP contribution in [0.1, 0.15) is 41.6 Å². The summed E-state index contributed by atoms with van der Waals surface area (Å²) in [7, 11) is 1.17. The maximum Gasteiger partial charge on any atom is 0.346 e. The van der Waals surface area contributed by atoms with Gasteiger partial charge in [-0.05, 0) is 69.0 Å². The van der Waals surface area contributed by atoms with E-state index < -0.39 is 30.2 Å². The minimum Gasteiger partial charge on any atom is -0.471 e. The Morgan fingerprint density at radius 3 is 2.58 bits per heavy atom. The summed E-state index contributed by atoms with van der Waals surface area (Å²) in [4.78, 5) is 26.9. The van der Waals surface area contributed by atoms with Gasteiger partial charge in [0.2, 0.25) is 5.88 Å². The molecule has 0 bridgehead atoms. The van der Waals surface area contributed by atoms with Crippen molar-refractivity contribution in [3.05, 3.63) is 39.4 Å². The molecule has 1 aromatic heterocycles. The number of carbonyl (C=O) groups excluding carboxylic acids is 2. The van der Waals surface area contributed by atoms with Gasteiger partial charge in [-0.3, -0.25) is 5.32 Å². The molecule has 33 heavy (non-hydrogen) atoms. The maximum absolute atomic E-state index is 14.1. The number of rotatable bonds is 10. The van der Waals surface area contributed by atoms with E-state index in [1.165, 1.54) is 20.0 Å². The standard InChI is InChI=1S/C21H25BrF2N4O4S/c1-31-20(29)17-18(32-12-14-15(23)10-13(22)11-16(14)24)27-33-19(17)26-21(30)25-6-2-3-7-28-8-4-5-9-28/h10-11H,2-9,12H2,1H3,(H2,25,26,30). The van der Waals surface area contributed by atoms with Crippen LogP contribution in [0.4, 0.5) is 18.6 Å². The molecule has 2 aromatic rings. The third-order valence-corrected chi connectivity index (χ3v) is 6.33. The molecule has 1 saturated heterocycles. The molecule has 0 aliphatic carbocycles. The van der Waals surface area contributed by atoms with Crippen molar-refractivity contribution in [3.8, 4) is 5.88 Å². The lowest BCUT2D eigenvalue weighted by molar-refractivity contribution is 0.0596. The third-order valence-electron chi connectivity index (χ3n) is 5.12. The number of likely N-dealkylation sites (tertiary alicyclic amines) is 1. The van der Waals surface area contributed by atoms with Crippen molar-refractivity contribution in [2.45, 2.75) is 32.3 Å². The Morgan fingerprint density at radius 1 is 1.21 bits per heavy atom. The minimum absolute atomic E-state index is 0.114. The topological polar surface area (TPSA) is 92.8 Å². The van der Waals surface area contributed by atoms with Crippen LogP contribution in [0.2, 0.25) is 0 Å². The molecular formula is C21H25BrF2N4O4S. The van der Waals surface area contributed by atoms with Crippen LogP contribution in [0, 0.1) is 11.6 Å². The summed E-state index contributed by atoms with van der Waals surface area (Å²) in [6.45, 7) is 3.28. The third kappa shape index (κ3) is 7.08. The Labute approximate surface area is 202 Å². The van der Waals surface area contributed by atoms with E-state index in [0.717, 1.165) is 56.1 Å². The fourth-order valence-corrected chi connectivity index (χ4v) is 4.53. The molecule has 2 N–H and O–H groups in total. The van der Waals surface area contributed by atoms with Crippen LogP contribution in [0.3, 0.4) is 0 Å². The first-order chi connectivity index (χ1) is 15.9. The van der Waals surface area contributed by atoms with Gasteiger partial charge in [-0.15, -0.1) is 0 Å². The SMILES string of the molecule is COC(=O)c1c(OCc2c(F)cc(Br)cc2F)nsc1NC(=O)NCCCCN1CCCC1. The summed E-state index contributed by atoms with van der Waals surface area (Å²) in [5, 5.41) is 5.42. The summed E-state index contributed by atoms with van der Waals surface area (Å²) in [5.74, 6) is -2.59. The van der Waals surface area contributed by atoms with Crippen LogP contribution in [0.5, 0.6) is 5.88 Å². The molecule has 0 radical (unpaired) electrons. The van der Waals surface area contributed by atoms with Crippen molar-refractivity contribution < 1.29 is 27.8 Å². The Kier molecular flexibility index (Phi) is 9.39. The number of urea groups is 1. The number of nitrogens with one attached hydrogen (secondary N) is 2. The molecule has 0 atom stereocenters. The van der Waals surface area contributed by atoms with Gasteiger partial charge in [-0.25, -0.2) is 18.4 Å². The Bertz CT molecular complexity index is 962. The largest absolute Gasteiger partial charge is 0.471 e. The molecule has 180 valence electrons. The predicted octanol–water partition coefficient (Wildman–Crippen LogP) is 4.55. The molecule has 0 unspecified atom stereocenters. The summed E-state index contributed by atoms with van der Waals surface area (Å²) >= 11 is 3.82. The van der Waals surface area contributed by atoms with E-state index in [0.29, 0.717) is 6.54 Å². The number of nitrogens with zero attached hydrogens (tertiary/aromatic N) is 2. The van der Waals surface area contributed by atoms with Gasteiger partial charge >= 0.3 is 12.0 Å². The smallest absolute Gasteiger partial charge is 0.346 e. The number of amides is 2. The van der Waals surface area contributed by atoms with Crippen molar-refractivity contribution in [2.24, 2.45) is 0 Å². The zero-order chi connectivity index (χ0) is 23.8. The number of benzene rings is 1. The number of unbranched alkanes of at least 4 members (excludes halogenated alkanes) is 1. The Hall–Kier alpha value is -2.31. The number of hydrogen-bond acceptors (Lipinski definition) is 7. The van der Waals surface area contributed by atoms with Crippen molar-refractivity contribution in [1.29, 1.82) is 0 Å². The molecule has 3 rings (SSSR count). The first kappa shape index (κ1) is 25.3. The van der Waals surface area contributed by atoms with Gasteiger partial charge in [0.15, 0.2) is 5.56 Å². The van der Waals surface area contributed by atoms with E-state index in [2.05, 4.69) is 35.8 Å². The number of methoxy groups -OCH3 is 1. The van der Waals surface area contributed by atoms with E-state index in [-0.39, 0.29) is 26.5 Å². The molecule has 1 fully saturated rings. The van der Waals surface area contributed by atoms with Crippen LogP contribution in [0.25, 0.3) is 0 Å². The van der Waals surface area contributed by atoms with E-state index in [4.69, 9.17) is 9.47 Å². The summed E-state index contributed by atoms with van der Waals surface area (Å²) < 4.78 is 42.5. The van der Waals surface area contributed by atoms with E-state index >= 15 is 0 Å². The number of aromatic nitrogens is 1. The number of carbonyl (C=O) groups is 2. The highest BCUT2D eigenvalue weighted by Crippen LogP contribution is 2.32. The molecule has 2 amide bonds. The molecular weight excluding hydrogens is 522 g/mol. The molecule has 8 nitrogen and oxygen atoms in total. The lowest BCUT2D eigenvalue weighted by atomic mass is 10.2. The highest BCUT2D eigenvalue weighted by molar-refractivity contribution is 9.10. The molecule has 0 spiro atoms. The van der Waals surface area contributed by atoms with Crippen molar-refractivity contribution >= 4 is 44.5 Å². The van der Waals surface area contributed by atoms with E-state index in [1.54, 1.807) is 0 Å². The van der Waals surface area contributed by atoms with Crippen LogP contribution in [-0.4, -0.2) is 54.6 Å². The van der Waals surface area contributed by atoms with Gasteiger partial charge < -0.3 is 19.7 Å². The highest BCUT2D eigenvalue weighted by atomic mass is 79.9. The van der Waals surface area contributed by atoms with Crippen LogP contribution < -0.4 is 15.4 Å². The second-order valence-corrected chi connectivity index (χ2v) is 9.15. The molecule has 0 saturated carbocycles. The second-order valence-electron chi connectivity index (χ2n) is 7.46. The fraction of sp³-hybridized carbons (Fsp3) is 0.476. The molecule has 1 aliphatic rings. The van der Waals surface area contributed by atoms with E-state index in [1.807, 2.05) is 0 Å². The number of halogens is 3. The summed E-state index contributed by atoms with van der Waals surface area (Å²) in [5.41, 5.74) is -0.437. The monoisotopic (exact) mass is 546 g/mol. The quantitative estimate of drug-likeness (QED) is 0.335. The van der Waals surface area contributed by atoms with Crippen LogP contribution >= 0.6 is 27.5 Å². The lowest BCUT2D eigenvalue weighted by Crippen LogP contribution is -2.30. The second kappa shape index (κ2) is 12.2. The van der Waals surface area contributed by atoms with Gasteiger partial charge in [0.1, 0.15) is 23.2 Å². The summed E-state index contributed by atoms with van der Waals surface area (Å²) in [6, 6.07) is 1.71. The normalized spacial score (nSPS) is 13.7.